The molecule has 5 rings (SSSR count). The fourth-order valence-electron chi connectivity index (χ4n) is 4.20. The molecule has 0 saturated carbocycles. The quantitative estimate of drug-likeness (QED) is 0.587. The van der Waals surface area contributed by atoms with Crippen LogP contribution in [0.4, 0.5) is 4.39 Å². The normalized spacial score (nSPS) is 13.6. The minimum atomic E-state index is -0.339. The number of imidazole rings is 1. The minimum Gasteiger partial charge on any atom is -0.312 e. The molecule has 3 heterocycles. The summed E-state index contributed by atoms with van der Waals surface area (Å²) in [5.41, 5.74) is 5.20. The lowest BCUT2D eigenvalue weighted by Gasteiger charge is -2.20. The Morgan fingerprint density at radius 2 is 1.86 bits per heavy atom. The van der Waals surface area contributed by atoms with Crippen LogP contribution < -0.4 is 11.0 Å². The third-order valence-electron chi connectivity index (χ3n) is 5.66. The Bertz CT molecular complexity index is 1270. The van der Waals surface area contributed by atoms with Crippen molar-refractivity contribution >= 4 is 5.65 Å². The molecule has 0 aliphatic carbocycles. The Morgan fingerprint density at radius 3 is 2.66 bits per heavy atom. The first-order valence-electron chi connectivity index (χ1n) is 9.76. The van der Waals surface area contributed by atoms with Crippen LogP contribution in [0.25, 0.3) is 16.9 Å². The number of hydrogen-bond acceptors (Lipinski definition) is 3. The van der Waals surface area contributed by atoms with Gasteiger partial charge in [-0.05, 0) is 17.7 Å². The first-order valence-corrected chi connectivity index (χ1v) is 9.76. The van der Waals surface area contributed by atoms with E-state index in [0.29, 0.717) is 35.6 Å². The lowest BCUT2D eigenvalue weighted by molar-refractivity contribution is 0.586. The predicted octanol–water partition coefficient (Wildman–Crippen LogP) is 3.08. The molecule has 4 aromatic rings. The number of hydrogen-bond donors (Lipinski definition) is 1. The molecule has 29 heavy (non-hydrogen) atoms. The van der Waals surface area contributed by atoms with Gasteiger partial charge in [-0.15, -0.1) is 0 Å². The van der Waals surface area contributed by atoms with Crippen molar-refractivity contribution in [3.05, 3.63) is 93.4 Å². The van der Waals surface area contributed by atoms with Gasteiger partial charge >= 0.3 is 5.69 Å². The van der Waals surface area contributed by atoms with Gasteiger partial charge in [-0.25, -0.2) is 18.6 Å². The molecule has 2 aromatic heterocycles. The maximum absolute atomic E-state index is 14.7. The molecular formula is C23H21FN4O. The monoisotopic (exact) mass is 388 g/mol. The molecule has 0 amide bonds. The molecule has 0 atom stereocenters. The summed E-state index contributed by atoms with van der Waals surface area (Å²) in [5, 5.41) is 3.37. The van der Waals surface area contributed by atoms with E-state index in [4.69, 9.17) is 4.98 Å². The second kappa shape index (κ2) is 6.97. The van der Waals surface area contributed by atoms with Crippen LogP contribution >= 0.6 is 0 Å². The minimum absolute atomic E-state index is 0.137. The molecule has 0 bridgehead atoms. The van der Waals surface area contributed by atoms with E-state index in [1.54, 1.807) is 34.2 Å². The molecular weight excluding hydrogens is 367 g/mol. The van der Waals surface area contributed by atoms with Gasteiger partial charge in [0.1, 0.15) is 11.5 Å². The Balaban J connectivity index is 1.86. The van der Waals surface area contributed by atoms with E-state index in [1.165, 1.54) is 6.07 Å². The second-order valence-corrected chi connectivity index (χ2v) is 7.40. The van der Waals surface area contributed by atoms with Crippen LogP contribution in [0.15, 0.2) is 59.4 Å². The van der Waals surface area contributed by atoms with Crippen LogP contribution in [-0.4, -0.2) is 20.5 Å². The molecule has 146 valence electrons. The van der Waals surface area contributed by atoms with E-state index in [0.717, 1.165) is 29.8 Å². The average molecular weight is 388 g/mol. The van der Waals surface area contributed by atoms with Crippen molar-refractivity contribution in [1.29, 1.82) is 0 Å². The zero-order chi connectivity index (χ0) is 20.0. The van der Waals surface area contributed by atoms with Gasteiger partial charge in [-0.2, -0.15) is 0 Å². The number of nitrogens with zero attached hydrogens (tertiary/aromatic N) is 3. The van der Waals surface area contributed by atoms with Crippen LogP contribution in [0.1, 0.15) is 22.5 Å². The summed E-state index contributed by atoms with van der Waals surface area (Å²) in [4.78, 5) is 18.1. The van der Waals surface area contributed by atoms with Gasteiger partial charge in [0.2, 0.25) is 0 Å². The molecule has 2 aromatic carbocycles. The van der Waals surface area contributed by atoms with Gasteiger partial charge in [0, 0.05) is 49.8 Å². The van der Waals surface area contributed by atoms with Gasteiger partial charge in [0.05, 0.1) is 11.4 Å². The maximum Gasteiger partial charge on any atom is 0.334 e. The molecule has 0 unspecified atom stereocenters. The summed E-state index contributed by atoms with van der Waals surface area (Å²) in [6.07, 6.45) is 1.26. The lowest BCUT2D eigenvalue weighted by atomic mass is 10.0. The first kappa shape index (κ1) is 17.8. The highest BCUT2D eigenvalue weighted by Gasteiger charge is 2.25. The van der Waals surface area contributed by atoms with Gasteiger partial charge in [-0.1, -0.05) is 42.5 Å². The summed E-state index contributed by atoms with van der Waals surface area (Å²) >= 11 is 0. The highest BCUT2D eigenvalue weighted by atomic mass is 19.1. The van der Waals surface area contributed by atoms with Crippen LogP contribution in [0.3, 0.4) is 0 Å². The summed E-state index contributed by atoms with van der Waals surface area (Å²) in [6, 6.07) is 16.5. The van der Waals surface area contributed by atoms with Crippen molar-refractivity contribution in [2.45, 2.75) is 19.4 Å². The molecule has 0 radical (unpaired) electrons. The third-order valence-corrected chi connectivity index (χ3v) is 5.66. The van der Waals surface area contributed by atoms with Crippen molar-refractivity contribution in [3.63, 3.8) is 0 Å². The van der Waals surface area contributed by atoms with Crippen LogP contribution in [-0.2, 0) is 26.4 Å². The molecule has 1 aliphatic heterocycles. The summed E-state index contributed by atoms with van der Waals surface area (Å²) in [6.45, 7) is 1.47. The Labute approximate surface area is 167 Å². The average Bonchev–Trinajstić information content (AvgIpc) is 3.12. The second-order valence-electron chi connectivity index (χ2n) is 7.40. The number of fused-ring (bicyclic) bond motifs is 3. The van der Waals surface area contributed by atoms with E-state index < -0.39 is 0 Å². The van der Waals surface area contributed by atoms with Crippen LogP contribution in [0, 0.1) is 5.82 Å². The van der Waals surface area contributed by atoms with Crippen molar-refractivity contribution in [2.24, 2.45) is 7.05 Å². The van der Waals surface area contributed by atoms with Crippen LogP contribution in [0.5, 0.6) is 0 Å². The highest BCUT2D eigenvalue weighted by molar-refractivity contribution is 5.69. The largest absolute Gasteiger partial charge is 0.334 e. The molecule has 5 nitrogen and oxygen atoms in total. The lowest BCUT2D eigenvalue weighted by Crippen LogP contribution is -2.35. The molecule has 0 spiro atoms. The number of halogens is 1. The number of nitrogens with one attached hydrogen (secondary N) is 1. The van der Waals surface area contributed by atoms with Gasteiger partial charge < -0.3 is 9.88 Å². The summed E-state index contributed by atoms with van der Waals surface area (Å²) in [7, 11) is 1.81. The number of benzene rings is 2. The SMILES string of the molecule is Cn1c2c(c3nc(-c4ccccc4F)c(Cc4ccccc4)n3c1=O)CNCC2. The van der Waals surface area contributed by atoms with Crippen molar-refractivity contribution in [2.75, 3.05) is 6.54 Å². The van der Waals surface area contributed by atoms with Crippen molar-refractivity contribution in [1.82, 2.24) is 19.3 Å². The Kier molecular flexibility index (Phi) is 4.28. The zero-order valence-corrected chi connectivity index (χ0v) is 16.2. The third kappa shape index (κ3) is 2.87. The molecule has 1 aliphatic rings. The van der Waals surface area contributed by atoms with Gasteiger partial charge in [-0.3, -0.25) is 0 Å². The standard InChI is InChI=1S/C23H21FN4O/c1-27-19-11-12-25-14-17(19)22-26-21(16-9-5-6-10-18(16)24)20(28(22)23(27)29)13-15-7-3-2-4-8-15/h2-10,25H,11-14H2,1H3. The number of aromatic nitrogens is 3. The Hall–Kier alpha value is -3.25. The van der Waals surface area contributed by atoms with E-state index in [9.17, 15) is 9.18 Å². The smallest absolute Gasteiger partial charge is 0.312 e. The fourth-order valence-corrected chi connectivity index (χ4v) is 4.20. The highest BCUT2D eigenvalue weighted by Crippen LogP contribution is 2.30. The molecule has 6 heteroatoms. The zero-order valence-electron chi connectivity index (χ0n) is 16.2. The Morgan fingerprint density at radius 1 is 1.10 bits per heavy atom. The van der Waals surface area contributed by atoms with Crippen molar-refractivity contribution < 1.29 is 4.39 Å². The maximum atomic E-state index is 14.7. The van der Waals surface area contributed by atoms with E-state index in [2.05, 4.69) is 5.32 Å². The fraction of sp³-hybridized carbons (Fsp3) is 0.217. The van der Waals surface area contributed by atoms with E-state index >= 15 is 0 Å². The summed E-state index contributed by atoms with van der Waals surface area (Å²) < 4.78 is 18.1. The predicted molar refractivity (Wildman–Crippen MR) is 110 cm³/mol. The molecule has 0 fully saturated rings. The van der Waals surface area contributed by atoms with Gasteiger partial charge in [0.25, 0.3) is 0 Å². The number of rotatable bonds is 3. The van der Waals surface area contributed by atoms with E-state index in [1.807, 2.05) is 30.3 Å². The van der Waals surface area contributed by atoms with Gasteiger partial charge in [0.15, 0.2) is 0 Å². The molecule has 0 saturated heterocycles. The summed E-state index contributed by atoms with van der Waals surface area (Å²) in [5.74, 6) is -0.339. The topological polar surface area (TPSA) is 51.3 Å². The first-order chi connectivity index (χ1) is 14.1. The van der Waals surface area contributed by atoms with Crippen LogP contribution in [0.2, 0.25) is 0 Å². The van der Waals surface area contributed by atoms with Crippen molar-refractivity contribution in [3.8, 4) is 11.3 Å². The molecule has 1 N–H and O–H groups in total. The van der Waals surface area contributed by atoms with E-state index in [-0.39, 0.29) is 11.5 Å².